The molecule has 0 aromatic carbocycles. The maximum Gasteiger partial charge on any atom is 0.321 e. The van der Waals surface area contributed by atoms with Gasteiger partial charge in [0.15, 0.2) is 5.76 Å². The molecule has 2 amide bonds. The molecule has 28 heavy (non-hydrogen) atoms. The van der Waals surface area contributed by atoms with Crippen molar-refractivity contribution in [3.05, 3.63) is 23.3 Å². The van der Waals surface area contributed by atoms with Gasteiger partial charge in [0.05, 0.1) is 5.69 Å². The Morgan fingerprint density at radius 2 is 1.96 bits per heavy atom. The summed E-state index contributed by atoms with van der Waals surface area (Å²) in [4.78, 5) is 16.8. The van der Waals surface area contributed by atoms with Crippen LogP contribution in [0.4, 0.5) is 10.5 Å². The lowest BCUT2D eigenvalue weighted by atomic mass is 9.97. The number of piperidine rings is 1. The van der Waals surface area contributed by atoms with Crippen molar-refractivity contribution >= 4 is 11.7 Å². The van der Waals surface area contributed by atoms with Gasteiger partial charge >= 0.3 is 6.03 Å². The number of rotatable bonds is 5. The van der Waals surface area contributed by atoms with E-state index < -0.39 is 0 Å². The van der Waals surface area contributed by atoms with E-state index in [1.807, 2.05) is 16.5 Å². The van der Waals surface area contributed by atoms with E-state index in [4.69, 9.17) is 4.52 Å². The molecule has 0 aliphatic carbocycles. The van der Waals surface area contributed by atoms with E-state index in [2.05, 4.69) is 31.9 Å². The topological polar surface area (TPSA) is 92.3 Å². The van der Waals surface area contributed by atoms with Gasteiger partial charge in [0.25, 0.3) is 0 Å². The summed E-state index contributed by atoms with van der Waals surface area (Å²) in [5.41, 5.74) is 2.44. The Bertz CT molecular complexity index is 782. The van der Waals surface area contributed by atoms with Crippen LogP contribution in [0.3, 0.4) is 0 Å². The monoisotopic (exact) mass is 387 g/mol. The van der Waals surface area contributed by atoms with Crippen molar-refractivity contribution in [2.75, 3.05) is 31.5 Å². The van der Waals surface area contributed by atoms with Crippen LogP contribution in [-0.4, -0.2) is 62.2 Å². The van der Waals surface area contributed by atoms with Crippen LogP contribution in [0.15, 0.2) is 10.7 Å². The van der Waals surface area contributed by atoms with Crippen LogP contribution in [0.1, 0.15) is 42.8 Å². The van der Waals surface area contributed by atoms with Crippen LogP contribution < -0.4 is 5.32 Å². The number of carbonyl (C=O) groups is 1. The third-order valence-electron chi connectivity index (χ3n) is 5.78. The Morgan fingerprint density at radius 3 is 2.64 bits per heavy atom. The Labute approximate surface area is 165 Å². The van der Waals surface area contributed by atoms with E-state index in [-0.39, 0.29) is 6.03 Å². The maximum atomic E-state index is 12.5. The lowest BCUT2D eigenvalue weighted by molar-refractivity contribution is 0.175. The minimum absolute atomic E-state index is 0.0819. The quantitative estimate of drug-likeness (QED) is 0.847. The first-order valence-electron chi connectivity index (χ1n) is 10.2. The predicted octanol–water partition coefficient (Wildman–Crippen LogP) is 2.42. The predicted molar refractivity (Wildman–Crippen MR) is 104 cm³/mol. The fraction of sp³-hybridized carbons (Fsp3) is 0.684. The number of nitrogens with zero attached hydrogens (tertiary/aromatic N) is 6. The second-order valence-electron chi connectivity index (χ2n) is 7.97. The van der Waals surface area contributed by atoms with Gasteiger partial charge in [0, 0.05) is 32.4 Å². The molecule has 2 fully saturated rings. The van der Waals surface area contributed by atoms with Crippen molar-refractivity contribution in [2.45, 2.75) is 52.6 Å². The van der Waals surface area contributed by atoms with Gasteiger partial charge in [-0.2, -0.15) is 0 Å². The standard InChI is InChI=1S/C19H29N7O2/c1-14-18(15(2)28-22-14)20-19(27)25-9-5-16(6-10-25)11-26-13-17(21-23-26)12-24-7-3-4-8-24/h13,16H,3-12H2,1-2H3,(H,20,27). The maximum absolute atomic E-state index is 12.5. The summed E-state index contributed by atoms with van der Waals surface area (Å²) in [6.45, 7) is 9.23. The van der Waals surface area contributed by atoms with Gasteiger partial charge in [-0.05, 0) is 58.5 Å². The van der Waals surface area contributed by atoms with Crippen molar-refractivity contribution in [1.82, 2.24) is 30.0 Å². The number of anilines is 1. The molecule has 2 aromatic heterocycles. The summed E-state index contributed by atoms with van der Waals surface area (Å²) < 4.78 is 7.08. The van der Waals surface area contributed by atoms with Gasteiger partial charge in [0.1, 0.15) is 11.4 Å². The zero-order chi connectivity index (χ0) is 19.5. The number of amides is 2. The highest BCUT2D eigenvalue weighted by atomic mass is 16.5. The SMILES string of the molecule is Cc1noc(C)c1NC(=O)N1CCC(Cn2cc(CN3CCCC3)nn2)CC1. The molecule has 0 bridgehead atoms. The number of hydrogen-bond donors (Lipinski definition) is 1. The summed E-state index contributed by atoms with van der Waals surface area (Å²) in [5, 5.41) is 15.4. The lowest BCUT2D eigenvalue weighted by Gasteiger charge is -2.31. The van der Waals surface area contributed by atoms with Crippen molar-refractivity contribution in [3.8, 4) is 0 Å². The molecule has 9 heteroatoms. The van der Waals surface area contributed by atoms with Crippen molar-refractivity contribution < 1.29 is 9.32 Å². The van der Waals surface area contributed by atoms with Gasteiger partial charge in [0.2, 0.25) is 0 Å². The van der Waals surface area contributed by atoms with Gasteiger partial charge in [-0.1, -0.05) is 10.4 Å². The fourth-order valence-corrected chi connectivity index (χ4v) is 4.10. The van der Waals surface area contributed by atoms with Crippen LogP contribution >= 0.6 is 0 Å². The molecule has 2 saturated heterocycles. The molecule has 1 N–H and O–H groups in total. The zero-order valence-electron chi connectivity index (χ0n) is 16.7. The van der Waals surface area contributed by atoms with E-state index in [9.17, 15) is 4.79 Å². The molecule has 0 radical (unpaired) electrons. The molecule has 4 heterocycles. The second-order valence-corrected chi connectivity index (χ2v) is 7.97. The van der Waals surface area contributed by atoms with Crippen molar-refractivity contribution in [3.63, 3.8) is 0 Å². The number of carbonyl (C=O) groups excluding carboxylic acids is 1. The summed E-state index contributed by atoms with van der Waals surface area (Å²) in [5.74, 6) is 1.15. The van der Waals surface area contributed by atoms with Gasteiger partial charge in [-0.25, -0.2) is 4.79 Å². The Kier molecular flexibility index (Phi) is 5.61. The Hall–Kier alpha value is -2.42. The first-order valence-corrected chi connectivity index (χ1v) is 10.2. The molecule has 0 saturated carbocycles. The largest absolute Gasteiger partial charge is 0.359 e. The summed E-state index contributed by atoms with van der Waals surface area (Å²) in [6, 6.07) is -0.0819. The van der Waals surface area contributed by atoms with Gasteiger partial charge in [-0.3, -0.25) is 9.58 Å². The van der Waals surface area contributed by atoms with E-state index >= 15 is 0 Å². The normalized spacial score (nSPS) is 18.7. The zero-order valence-corrected chi connectivity index (χ0v) is 16.7. The van der Waals surface area contributed by atoms with Crippen LogP contribution in [0.5, 0.6) is 0 Å². The first kappa shape index (κ1) is 18.9. The molecule has 0 spiro atoms. The number of likely N-dealkylation sites (tertiary alicyclic amines) is 2. The van der Waals surface area contributed by atoms with Gasteiger partial charge in [-0.15, -0.1) is 5.10 Å². The molecule has 2 aliphatic heterocycles. The molecule has 2 aromatic rings. The Morgan fingerprint density at radius 1 is 1.21 bits per heavy atom. The number of hydrogen-bond acceptors (Lipinski definition) is 6. The fourth-order valence-electron chi connectivity index (χ4n) is 4.10. The second kappa shape index (κ2) is 8.30. The van der Waals surface area contributed by atoms with E-state index in [0.29, 0.717) is 23.1 Å². The average Bonchev–Trinajstić information content (AvgIpc) is 3.42. The molecule has 4 rings (SSSR count). The highest BCUT2D eigenvalue weighted by Gasteiger charge is 2.25. The van der Waals surface area contributed by atoms with E-state index in [1.54, 1.807) is 6.92 Å². The van der Waals surface area contributed by atoms with E-state index in [1.165, 1.54) is 25.9 Å². The third kappa shape index (κ3) is 4.35. The average molecular weight is 387 g/mol. The number of urea groups is 1. The highest BCUT2D eigenvalue weighted by Crippen LogP contribution is 2.22. The summed E-state index contributed by atoms with van der Waals surface area (Å²) >= 11 is 0. The summed E-state index contributed by atoms with van der Waals surface area (Å²) in [7, 11) is 0. The van der Waals surface area contributed by atoms with Crippen LogP contribution in [-0.2, 0) is 13.1 Å². The van der Waals surface area contributed by atoms with Crippen molar-refractivity contribution in [2.24, 2.45) is 5.92 Å². The molecular weight excluding hydrogens is 358 g/mol. The molecule has 152 valence electrons. The molecule has 2 aliphatic rings. The lowest BCUT2D eigenvalue weighted by Crippen LogP contribution is -2.41. The minimum Gasteiger partial charge on any atom is -0.359 e. The van der Waals surface area contributed by atoms with Crippen LogP contribution in [0, 0.1) is 19.8 Å². The molecule has 0 atom stereocenters. The smallest absolute Gasteiger partial charge is 0.321 e. The van der Waals surface area contributed by atoms with Crippen LogP contribution in [0.25, 0.3) is 0 Å². The third-order valence-corrected chi connectivity index (χ3v) is 5.78. The Balaban J connectivity index is 1.24. The first-order chi connectivity index (χ1) is 13.6. The molecule has 0 unspecified atom stereocenters. The summed E-state index contributed by atoms with van der Waals surface area (Å²) in [6.07, 6.45) is 6.59. The number of aryl methyl sites for hydroxylation is 2. The molecular formula is C19H29N7O2. The number of aromatic nitrogens is 4. The van der Waals surface area contributed by atoms with Crippen LogP contribution in [0.2, 0.25) is 0 Å². The number of nitrogens with one attached hydrogen (secondary N) is 1. The minimum atomic E-state index is -0.0819. The van der Waals surface area contributed by atoms with Crippen molar-refractivity contribution in [1.29, 1.82) is 0 Å². The van der Waals surface area contributed by atoms with E-state index in [0.717, 1.165) is 44.7 Å². The molecule has 9 nitrogen and oxygen atoms in total. The van der Waals surface area contributed by atoms with Gasteiger partial charge < -0.3 is 14.7 Å². The highest BCUT2D eigenvalue weighted by molar-refractivity contribution is 5.90.